The average Bonchev–Trinajstić information content (AvgIpc) is 3.11. The SMILES string of the molecule is CC(NC(=O)COc1cccc(Br)c1)c1nc(-c2cccnc2)cs1. The molecule has 1 amide bonds. The molecule has 0 aliphatic rings. The van der Waals surface area contributed by atoms with Gasteiger partial charge in [0, 0.05) is 27.8 Å². The lowest BCUT2D eigenvalue weighted by Crippen LogP contribution is -2.31. The molecule has 5 nitrogen and oxygen atoms in total. The Kier molecular flexibility index (Phi) is 5.78. The molecule has 2 heterocycles. The summed E-state index contributed by atoms with van der Waals surface area (Å²) in [5, 5.41) is 5.71. The molecular formula is C18H16BrN3O2S. The van der Waals surface area contributed by atoms with Gasteiger partial charge >= 0.3 is 0 Å². The molecule has 3 rings (SSSR count). The second-order valence-corrected chi connectivity index (χ2v) is 7.15. The van der Waals surface area contributed by atoms with Crippen molar-refractivity contribution in [2.75, 3.05) is 6.61 Å². The molecule has 3 aromatic rings. The number of ether oxygens (including phenoxy) is 1. The lowest BCUT2D eigenvalue weighted by atomic mass is 10.2. The number of nitrogens with one attached hydrogen (secondary N) is 1. The van der Waals surface area contributed by atoms with E-state index in [1.165, 1.54) is 11.3 Å². The predicted octanol–water partition coefficient (Wildman–Crippen LogP) is 4.22. The molecule has 0 saturated heterocycles. The summed E-state index contributed by atoms with van der Waals surface area (Å²) in [6.07, 6.45) is 3.50. The van der Waals surface area contributed by atoms with Crippen LogP contribution >= 0.6 is 27.3 Å². The molecule has 0 fully saturated rings. The number of carbonyl (C=O) groups excluding carboxylic acids is 1. The monoisotopic (exact) mass is 417 g/mol. The molecule has 128 valence electrons. The maximum atomic E-state index is 12.1. The first kappa shape index (κ1) is 17.6. The van der Waals surface area contributed by atoms with Crippen LogP contribution in [0.4, 0.5) is 0 Å². The van der Waals surface area contributed by atoms with Crippen LogP contribution in [0.3, 0.4) is 0 Å². The van der Waals surface area contributed by atoms with E-state index in [-0.39, 0.29) is 18.6 Å². The first-order valence-corrected chi connectivity index (χ1v) is 9.32. The highest BCUT2D eigenvalue weighted by Gasteiger charge is 2.14. The Morgan fingerprint density at radius 2 is 2.24 bits per heavy atom. The van der Waals surface area contributed by atoms with E-state index in [2.05, 4.69) is 31.2 Å². The van der Waals surface area contributed by atoms with Gasteiger partial charge in [0.1, 0.15) is 10.8 Å². The third-order valence-electron chi connectivity index (χ3n) is 3.39. The van der Waals surface area contributed by atoms with Crippen LogP contribution in [0.5, 0.6) is 5.75 Å². The van der Waals surface area contributed by atoms with Crippen LogP contribution < -0.4 is 10.1 Å². The minimum Gasteiger partial charge on any atom is -0.484 e. The number of benzene rings is 1. The van der Waals surface area contributed by atoms with Gasteiger partial charge < -0.3 is 10.1 Å². The van der Waals surface area contributed by atoms with Crippen LogP contribution in [-0.4, -0.2) is 22.5 Å². The van der Waals surface area contributed by atoms with Crippen LogP contribution in [0.25, 0.3) is 11.3 Å². The van der Waals surface area contributed by atoms with Crippen LogP contribution in [-0.2, 0) is 4.79 Å². The zero-order valence-corrected chi connectivity index (χ0v) is 15.9. The summed E-state index contributed by atoms with van der Waals surface area (Å²) in [5.41, 5.74) is 1.82. The van der Waals surface area contributed by atoms with Gasteiger partial charge in [0.15, 0.2) is 6.61 Å². The van der Waals surface area contributed by atoms with Crippen molar-refractivity contribution in [3.05, 3.63) is 63.7 Å². The summed E-state index contributed by atoms with van der Waals surface area (Å²) in [6.45, 7) is 1.87. The van der Waals surface area contributed by atoms with Gasteiger partial charge in [-0.1, -0.05) is 22.0 Å². The maximum absolute atomic E-state index is 12.1. The van der Waals surface area contributed by atoms with Crippen LogP contribution in [0.1, 0.15) is 18.0 Å². The van der Waals surface area contributed by atoms with Crippen molar-refractivity contribution in [1.29, 1.82) is 0 Å². The first-order chi connectivity index (χ1) is 12.1. The smallest absolute Gasteiger partial charge is 0.258 e. The number of nitrogens with zero attached hydrogens (tertiary/aromatic N) is 2. The number of carbonyl (C=O) groups is 1. The molecule has 0 radical (unpaired) electrons. The Morgan fingerprint density at radius 1 is 1.36 bits per heavy atom. The molecule has 7 heteroatoms. The van der Waals surface area contributed by atoms with Crippen LogP contribution in [0.15, 0.2) is 58.6 Å². The lowest BCUT2D eigenvalue weighted by molar-refractivity contribution is -0.123. The lowest BCUT2D eigenvalue weighted by Gasteiger charge is -2.12. The van der Waals surface area contributed by atoms with Gasteiger partial charge in [-0.25, -0.2) is 4.98 Å². The molecule has 1 unspecified atom stereocenters. The number of amides is 1. The van der Waals surface area contributed by atoms with E-state index in [1.807, 2.05) is 48.7 Å². The highest BCUT2D eigenvalue weighted by atomic mass is 79.9. The summed E-state index contributed by atoms with van der Waals surface area (Å²) < 4.78 is 6.40. The van der Waals surface area contributed by atoms with E-state index in [9.17, 15) is 4.79 Å². The molecular weight excluding hydrogens is 402 g/mol. The third-order valence-corrected chi connectivity index (χ3v) is 4.91. The fourth-order valence-corrected chi connectivity index (χ4v) is 3.40. The minimum absolute atomic E-state index is 0.0400. The van der Waals surface area contributed by atoms with E-state index in [0.29, 0.717) is 5.75 Å². The average molecular weight is 418 g/mol. The van der Waals surface area contributed by atoms with Crippen molar-refractivity contribution in [3.63, 3.8) is 0 Å². The Balaban J connectivity index is 1.56. The molecule has 0 bridgehead atoms. The largest absolute Gasteiger partial charge is 0.484 e. The van der Waals surface area contributed by atoms with Crippen LogP contribution in [0, 0.1) is 0 Å². The number of thiazole rings is 1. The highest BCUT2D eigenvalue weighted by molar-refractivity contribution is 9.10. The molecule has 1 N–H and O–H groups in total. The number of rotatable bonds is 6. The van der Waals surface area contributed by atoms with Crippen molar-refractivity contribution in [2.45, 2.75) is 13.0 Å². The summed E-state index contributed by atoms with van der Waals surface area (Å²) in [5.74, 6) is 0.455. The molecule has 1 aromatic carbocycles. The zero-order valence-electron chi connectivity index (χ0n) is 13.5. The summed E-state index contributed by atoms with van der Waals surface area (Å²) in [4.78, 5) is 20.8. The topological polar surface area (TPSA) is 64.1 Å². The third kappa shape index (κ3) is 4.87. The molecule has 1 atom stereocenters. The Morgan fingerprint density at radius 3 is 3.00 bits per heavy atom. The van der Waals surface area contributed by atoms with Crippen LogP contribution in [0.2, 0.25) is 0 Å². The van der Waals surface area contributed by atoms with Gasteiger partial charge in [-0.15, -0.1) is 11.3 Å². The van der Waals surface area contributed by atoms with Crippen molar-refractivity contribution in [3.8, 4) is 17.0 Å². The van der Waals surface area contributed by atoms with Crippen molar-refractivity contribution in [2.24, 2.45) is 0 Å². The van der Waals surface area contributed by atoms with Gasteiger partial charge in [-0.05, 0) is 37.3 Å². The van der Waals surface area contributed by atoms with Crippen molar-refractivity contribution in [1.82, 2.24) is 15.3 Å². The van der Waals surface area contributed by atoms with Crippen molar-refractivity contribution >= 4 is 33.2 Å². The number of hydrogen-bond donors (Lipinski definition) is 1. The van der Waals surface area contributed by atoms with E-state index >= 15 is 0 Å². The standard InChI is InChI=1S/C18H16BrN3O2S/c1-12(18-22-16(11-25-18)13-4-3-7-20-9-13)21-17(23)10-24-15-6-2-5-14(19)8-15/h2-9,11-12H,10H2,1H3,(H,21,23). The quantitative estimate of drug-likeness (QED) is 0.651. The van der Waals surface area contributed by atoms with Gasteiger partial charge in [-0.3, -0.25) is 9.78 Å². The first-order valence-electron chi connectivity index (χ1n) is 7.65. The normalized spacial score (nSPS) is 11.8. The van der Waals surface area contributed by atoms with Crippen molar-refractivity contribution < 1.29 is 9.53 Å². The van der Waals surface area contributed by atoms with Gasteiger partial charge in [0.25, 0.3) is 5.91 Å². The number of halogens is 1. The highest BCUT2D eigenvalue weighted by Crippen LogP contribution is 2.24. The Bertz CT molecular complexity index is 854. The number of pyridine rings is 1. The molecule has 25 heavy (non-hydrogen) atoms. The summed E-state index contributed by atoms with van der Waals surface area (Å²) in [7, 11) is 0. The van der Waals surface area contributed by atoms with E-state index in [1.54, 1.807) is 12.4 Å². The van der Waals surface area contributed by atoms with Gasteiger partial charge in [0.2, 0.25) is 0 Å². The second kappa shape index (κ2) is 8.22. The second-order valence-electron chi connectivity index (χ2n) is 5.35. The predicted molar refractivity (Wildman–Crippen MR) is 102 cm³/mol. The van der Waals surface area contributed by atoms with E-state index < -0.39 is 0 Å². The zero-order chi connectivity index (χ0) is 17.6. The Labute approximate surface area is 158 Å². The molecule has 0 aliphatic heterocycles. The van der Waals surface area contributed by atoms with Gasteiger partial charge in [0.05, 0.1) is 11.7 Å². The summed E-state index contributed by atoms with van der Waals surface area (Å²) >= 11 is 4.88. The molecule has 0 saturated carbocycles. The molecule has 2 aromatic heterocycles. The van der Waals surface area contributed by atoms with E-state index in [4.69, 9.17) is 4.74 Å². The molecule has 0 aliphatic carbocycles. The fourth-order valence-electron chi connectivity index (χ4n) is 2.18. The Hall–Kier alpha value is -2.25. The molecule has 0 spiro atoms. The minimum atomic E-state index is -0.189. The van der Waals surface area contributed by atoms with Gasteiger partial charge in [-0.2, -0.15) is 0 Å². The summed E-state index contributed by atoms with van der Waals surface area (Å²) in [6, 6.07) is 11.0. The maximum Gasteiger partial charge on any atom is 0.258 e. The number of aromatic nitrogens is 2. The van der Waals surface area contributed by atoms with E-state index in [0.717, 1.165) is 20.7 Å². The number of hydrogen-bond acceptors (Lipinski definition) is 5. The fraction of sp³-hybridized carbons (Fsp3) is 0.167.